The lowest BCUT2D eigenvalue weighted by molar-refractivity contribution is -0.116. The average molecular weight is 406 g/mol. The van der Waals surface area contributed by atoms with Gasteiger partial charge in [0.2, 0.25) is 15.9 Å². The van der Waals surface area contributed by atoms with Crippen molar-refractivity contribution in [2.75, 3.05) is 38.7 Å². The lowest BCUT2D eigenvalue weighted by Crippen LogP contribution is -2.37. The summed E-state index contributed by atoms with van der Waals surface area (Å²) in [6.07, 6.45) is 0. The zero-order valence-corrected chi connectivity index (χ0v) is 16.5. The summed E-state index contributed by atoms with van der Waals surface area (Å²) in [6, 6.07) is 11.1. The Labute approximate surface area is 164 Å². The third kappa shape index (κ3) is 4.37. The summed E-state index contributed by atoms with van der Waals surface area (Å²) in [5.41, 5.74) is 0.507. The number of hydrogen-bond acceptors (Lipinski definition) is 6. The standard InChI is InChI=1S/C19H22N2O6S/c1-3-21(28(23,24)16-7-5-15(25-2)6-8-16)13-19(22)20-14-4-9-17-18(12-14)27-11-10-26-17/h4-9,12H,3,10-11,13H2,1-2H3,(H,20,22). The Kier molecular flexibility index (Phi) is 6.05. The molecule has 0 saturated carbocycles. The van der Waals surface area contributed by atoms with Crippen LogP contribution in [0.5, 0.6) is 17.2 Å². The molecule has 9 heteroatoms. The fourth-order valence-electron chi connectivity index (χ4n) is 2.75. The van der Waals surface area contributed by atoms with Crippen LogP contribution in [0, 0.1) is 0 Å². The first-order valence-corrected chi connectivity index (χ1v) is 10.2. The zero-order valence-electron chi connectivity index (χ0n) is 15.7. The molecule has 0 radical (unpaired) electrons. The summed E-state index contributed by atoms with van der Waals surface area (Å²) in [4.78, 5) is 12.5. The Bertz CT molecular complexity index is 943. The number of carbonyl (C=O) groups is 1. The summed E-state index contributed by atoms with van der Waals surface area (Å²) >= 11 is 0. The molecule has 2 aromatic rings. The molecule has 1 heterocycles. The van der Waals surface area contributed by atoms with E-state index in [9.17, 15) is 13.2 Å². The number of benzene rings is 2. The highest BCUT2D eigenvalue weighted by atomic mass is 32.2. The monoisotopic (exact) mass is 406 g/mol. The summed E-state index contributed by atoms with van der Waals surface area (Å²) in [5, 5.41) is 2.70. The van der Waals surface area contributed by atoms with Crippen molar-refractivity contribution < 1.29 is 27.4 Å². The van der Waals surface area contributed by atoms with Crippen molar-refractivity contribution in [3.8, 4) is 17.2 Å². The van der Waals surface area contributed by atoms with Gasteiger partial charge in [0.1, 0.15) is 19.0 Å². The van der Waals surface area contributed by atoms with Gasteiger partial charge in [0.15, 0.2) is 11.5 Å². The lowest BCUT2D eigenvalue weighted by atomic mass is 10.2. The molecular formula is C19H22N2O6S. The Morgan fingerprint density at radius 2 is 1.79 bits per heavy atom. The topological polar surface area (TPSA) is 94.2 Å². The van der Waals surface area contributed by atoms with E-state index in [1.54, 1.807) is 37.3 Å². The van der Waals surface area contributed by atoms with Gasteiger partial charge in [0, 0.05) is 18.3 Å². The summed E-state index contributed by atoms with van der Waals surface area (Å²) in [7, 11) is -2.30. The first-order chi connectivity index (χ1) is 13.4. The van der Waals surface area contributed by atoms with Gasteiger partial charge >= 0.3 is 0 Å². The van der Waals surface area contributed by atoms with Crippen molar-refractivity contribution in [2.45, 2.75) is 11.8 Å². The number of amides is 1. The maximum absolute atomic E-state index is 12.8. The van der Waals surface area contributed by atoms with Crippen molar-refractivity contribution >= 4 is 21.6 Å². The maximum Gasteiger partial charge on any atom is 0.243 e. The SMILES string of the molecule is CCN(CC(=O)Nc1ccc2c(c1)OCCO2)S(=O)(=O)c1ccc(OC)cc1. The van der Waals surface area contributed by atoms with Crippen molar-refractivity contribution in [1.82, 2.24) is 4.31 Å². The minimum atomic E-state index is -3.81. The number of anilines is 1. The van der Waals surface area contributed by atoms with Crippen LogP contribution in [-0.4, -0.2) is 52.0 Å². The first kappa shape index (κ1) is 20.0. The van der Waals surface area contributed by atoms with Crippen LogP contribution < -0.4 is 19.5 Å². The van der Waals surface area contributed by atoms with Gasteiger partial charge in [0.25, 0.3) is 0 Å². The smallest absolute Gasteiger partial charge is 0.243 e. The van der Waals surface area contributed by atoms with Crippen molar-refractivity contribution in [1.29, 1.82) is 0 Å². The highest BCUT2D eigenvalue weighted by molar-refractivity contribution is 7.89. The molecule has 2 aromatic carbocycles. The van der Waals surface area contributed by atoms with Gasteiger partial charge in [-0.2, -0.15) is 4.31 Å². The van der Waals surface area contributed by atoms with Gasteiger partial charge in [-0.1, -0.05) is 6.92 Å². The Hall–Kier alpha value is -2.78. The second-order valence-corrected chi connectivity index (χ2v) is 7.95. The quantitative estimate of drug-likeness (QED) is 0.757. The van der Waals surface area contributed by atoms with Gasteiger partial charge in [-0.25, -0.2) is 8.42 Å². The number of rotatable bonds is 7. The molecule has 28 heavy (non-hydrogen) atoms. The molecule has 1 aliphatic heterocycles. The number of sulfonamides is 1. The molecule has 8 nitrogen and oxygen atoms in total. The van der Waals surface area contributed by atoms with E-state index < -0.39 is 15.9 Å². The average Bonchev–Trinajstić information content (AvgIpc) is 2.71. The molecule has 0 aliphatic carbocycles. The molecule has 0 spiro atoms. The predicted octanol–water partition coefficient (Wildman–Crippen LogP) is 2.12. The van der Waals surface area contributed by atoms with Crippen LogP contribution in [-0.2, 0) is 14.8 Å². The van der Waals surface area contributed by atoms with E-state index >= 15 is 0 Å². The van der Waals surface area contributed by atoms with E-state index in [0.717, 1.165) is 4.31 Å². The van der Waals surface area contributed by atoms with Gasteiger partial charge in [0.05, 0.1) is 18.6 Å². The largest absolute Gasteiger partial charge is 0.497 e. The second-order valence-electron chi connectivity index (χ2n) is 6.01. The van der Waals surface area contributed by atoms with Crippen LogP contribution >= 0.6 is 0 Å². The molecule has 150 valence electrons. The third-order valence-corrected chi connectivity index (χ3v) is 6.13. The molecular weight excluding hydrogens is 384 g/mol. The number of carbonyl (C=O) groups excluding carboxylic acids is 1. The highest BCUT2D eigenvalue weighted by Crippen LogP contribution is 2.32. The predicted molar refractivity (Wildman–Crippen MR) is 103 cm³/mol. The minimum absolute atomic E-state index is 0.0993. The third-order valence-electron chi connectivity index (χ3n) is 4.20. The fraction of sp³-hybridized carbons (Fsp3) is 0.316. The molecule has 0 saturated heterocycles. The number of nitrogens with one attached hydrogen (secondary N) is 1. The number of fused-ring (bicyclic) bond motifs is 1. The van der Waals surface area contributed by atoms with E-state index in [1.165, 1.54) is 19.2 Å². The first-order valence-electron chi connectivity index (χ1n) is 8.77. The van der Waals surface area contributed by atoms with E-state index in [1.807, 2.05) is 0 Å². The lowest BCUT2D eigenvalue weighted by Gasteiger charge is -2.21. The van der Waals surface area contributed by atoms with Gasteiger partial charge in [-0.3, -0.25) is 4.79 Å². The molecule has 0 aromatic heterocycles. The maximum atomic E-state index is 12.8. The van der Waals surface area contributed by atoms with Gasteiger partial charge in [-0.05, 0) is 36.4 Å². The van der Waals surface area contributed by atoms with Crippen LogP contribution in [0.3, 0.4) is 0 Å². The summed E-state index contributed by atoms with van der Waals surface area (Å²) < 4.78 is 42.7. The summed E-state index contributed by atoms with van der Waals surface area (Å²) in [5.74, 6) is 1.26. The Morgan fingerprint density at radius 3 is 2.43 bits per heavy atom. The van der Waals surface area contributed by atoms with Gasteiger partial charge < -0.3 is 19.5 Å². The van der Waals surface area contributed by atoms with E-state index in [-0.39, 0.29) is 18.0 Å². The number of ether oxygens (including phenoxy) is 3. The minimum Gasteiger partial charge on any atom is -0.497 e. The molecule has 0 atom stereocenters. The fourth-order valence-corrected chi connectivity index (χ4v) is 4.15. The molecule has 1 aliphatic rings. The van der Waals surface area contributed by atoms with Gasteiger partial charge in [-0.15, -0.1) is 0 Å². The van der Waals surface area contributed by atoms with E-state index in [4.69, 9.17) is 14.2 Å². The summed E-state index contributed by atoms with van der Waals surface area (Å²) in [6.45, 7) is 2.45. The molecule has 1 amide bonds. The molecule has 3 rings (SSSR count). The van der Waals surface area contributed by atoms with Crippen LogP contribution in [0.4, 0.5) is 5.69 Å². The highest BCUT2D eigenvalue weighted by Gasteiger charge is 2.25. The van der Waals surface area contributed by atoms with E-state index in [0.29, 0.717) is 36.1 Å². The molecule has 0 bridgehead atoms. The number of hydrogen-bond donors (Lipinski definition) is 1. The van der Waals surface area contributed by atoms with Crippen LogP contribution in [0.1, 0.15) is 6.92 Å². The Balaban J connectivity index is 1.70. The van der Waals surface area contributed by atoms with Crippen molar-refractivity contribution in [3.63, 3.8) is 0 Å². The molecule has 1 N–H and O–H groups in total. The normalized spacial score (nSPS) is 13.2. The van der Waals surface area contributed by atoms with Crippen molar-refractivity contribution in [3.05, 3.63) is 42.5 Å². The number of nitrogens with zero attached hydrogens (tertiary/aromatic N) is 1. The van der Waals surface area contributed by atoms with Crippen molar-refractivity contribution in [2.24, 2.45) is 0 Å². The zero-order chi connectivity index (χ0) is 20.1. The molecule has 0 unspecified atom stereocenters. The van der Waals surface area contributed by atoms with E-state index in [2.05, 4.69) is 5.32 Å². The second kappa shape index (κ2) is 8.49. The van der Waals surface area contributed by atoms with Crippen LogP contribution in [0.2, 0.25) is 0 Å². The van der Waals surface area contributed by atoms with Crippen LogP contribution in [0.15, 0.2) is 47.4 Å². The Morgan fingerprint density at radius 1 is 1.11 bits per heavy atom. The number of likely N-dealkylation sites (N-methyl/N-ethyl adjacent to an activating group) is 1. The number of methoxy groups -OCH3 is 1. The molecule has 0 fully saturated rings. The van der Waals surface area contributed by atoms with Crippen LogP contribution in [0.25, 0.3) is 0 Å².